The topological polar surface area (TPSA) is 26.0 Å². The second-order valence-electron chi connectivity index (χ2n) is 2.52. The highest BCUT2D eigenvalue weighted by atomic mass is 14.7. The zero-order valence-electron chi connectivity index (χ0n) is 7.20. The molecular formula is C9H17N. The summed E-state index contributed by atoms with van der Waals surface area (Å²) in [5.74, 6) is 6.09. The molecule has 0 heterocycles. The minimum absolute atomic E-state index is 0.226. The lowest BCUT2D eigenvalue weighted by molar-refractivity contribution is 0.512. The van der Waals surface area contributed by atoms with E-state index < -0.39 is 0 Å². The van der Waals surface area contributed by atoms with Crippen molar-refractivity contribution < 1.29 is 0 Å². The molecule has 0 aromatic carbocycles. The van der Waals surface area contributed by atoms with Gasteiger partial charge >= 0.3 is 0 Å². The Morgan fingerprint density at radius 1 is 1.20 bits per heavy atom. The third-order valence-corrected chi connectivity index (χ3v) is 1.78. The smallest absolute Gasteiger partial charge is 0.0770 e. The monoisotopic (exact) mass is 139 g/mol. The Hall–Kier alpha value is -0.480. The summed E-state index contributed by atoms with van der Waals surface area (Å²) in [6.45, 7) is 6.19. The van der Waals surface area contributed by atoms with Gasteiger partial charge in [-0.3, -0.25) is 0 Å². The second-order valence-corrected chi connectivity index (χ2v) is 2.52. The molecule has 1 heteroatoms. The minimum Gasteiger partial charge on any atom is -0.315 e. The molecule has 0 aliphatic carbocycles. The van der Waals surface area contributed by atoms with Gasteiger partial charge in [-0.05, 0) is 12.8 Å². The van der Waals surface area contributed by atoms with Gasteiger partial charge in [-0.25, -0.2) is 0 Å². The van der Waals surface area contributed by atoms with Crippen LogP contribution in [0.1, 0.15) is 40.0 Å². The fourth-order valence-electron chi connectivity index (χ4n) is 0.691. The van der Waals surface area contributed by atoms with Gasteiger partial charge < -0.3 is 5.73 Å². The lowest BCUT2D eigenvalue weighted by Crippen LogP contribution is -2.36. The molecule has 58 valence electrons. The van der Waals surface area contributed by atoms with Crippen LogP contribution in [0.25, 0.3) is 0 Å². The summed E-state index contributed by atoms with van der Waals surface area (Å²) in [4.78, 5) is 0. The second kappa shape index (κ2) is 4.35. The largest absolute Gasteiger partial charge is 0.315 e. The van der Waals surface area contributed by atoms with E-state index in [2.05, 4.69) is 25.7 Å². The van der Waals surface area contributed by atoms with Crippen LogP contribution >= 0.6 is 0 Å². The van der Waals surface area contributed by atoms with E-state index in [1.165, 1.54) is 0 Å². The average molecular weight is 139 g/mol. The quantitative estimate of drug-likeness (QED) is 0.581. The van der Waals surface area contributed by atoms with E-state index in [0.29, 0.717) is 0 Å². The normalized spacial score (nSPS) is 10.4. The highest BCUT2D eigenvalue weighted by Gasteiger charge is 2.15. The molecule has 0 fully saturated rings. The van der Waals surface area contributed by atoms with Crippen molar-refractivity contribution in [3.63, 3.8) is 0 Å². The Morgan fingerprint density at radius 2 is 1.70 bits per heavy atom. The summed E-state index contributed by atoms with van der Waals surface area (Å²) in [6, 6.07) is 0. The van der Waals surface area contributed by atoms with E-state index in [-0.39, 0.29) is 5.54 Å². The predicted molar refractivity (Wildman–Crippen MR) is 45.6 cm³/mol. The first-order valence-electron chi connectivity index (χ1n) is 3.97. The van der Waals surface area contributed by atoms with Crippen molar-refractivity contribution in [2.45, 2.75) is 45.6 Å². The van der Waals surface area contributed by atoms with Gasteiger partial charge in [-0.2, -0.15) is 0 Å². The summed E-state index contributed by atoms with van der Waals surface area (Å²) < 4.78 is 0. The summed E-state index contributed by atoms with van der Waals surface area (Å²) in [6.07, 6.45) is 2.78. The molecule has 0 bridgehead atoms. The Bertz CT molecular complexity index is 135. The number of hydrogen-bond donors (Lipinski definition) is 1. The van der Waals surface area contributed by atoms with Crippen LogP contribution in [-0.4, -0.2) is 5.54 Å². The molecule has 0 atom stereocenters. The number of nitrogens with two attached hydrogens (primary N) is 1. The molecule has 0 saturated carbocycles. The van der Waals surface area contributed by atoms with Crippen molar-refractivity contribution in [2.75, 3.05) is 0 Å². The van der Waals surface area contributed by atoms with E-state index in [9.17, 15) is 0 Å². The van der Waals surface area contributed by atoms with Crippen LogP contribution in [-0.2, 0) is 0 Å². The van der Waals surface area contributed by atoms with Crippen LogP contribution in [0.5, 0.6) is 0 Å². The number of hydrogen-bond acceptors (Lipinski definition) is 1. The maximum Gasteiger partial charge on any atom is 0.0770 e. The van der Waals surface area contributed by atoms with Gasteiger partial charge in [-0.15, -0.1) is 5.92 Å². The molecule has 0 amide bonds. The van der Waals surface area contributed by atoms with Crippen LogP contribution in [0.3, 0.4) is 0 Å². The zero-order valence-corrected chi connectivity index (χ0v) is 7.20. The molecule has 0 aromatic rings. The van der Waals surface area contributed by atoms with Gasteiger partial charge in [0.1, 0.15) is 0 Å². The van der Waals surface area contributed by atoms with Crippen LogP contribution in [0, 0.1) is 11.8 Å². The summed E-state index contributed by atoms with van der Waals surface area (Å²) >= 11 is 0. The van der Waals surface area contributed by atoms with E-state index in [4.69, 9.17) is 5.73 Å². The molecule has 0 unspecified atom stereocenters. The molecule has 10 heavy (non-hydrogen) atoms. The standard InChI is InChI=1S/C9H17N/c1-4-7-8-9(10,5-2)6-3/h4-6,10H2,1-3H3. The maximum atomic E-state index is 5.91. The highest BCUT2D eigenvalue weighted by molar-refractivity contribution is 5.15. The van der Waals surface area contributed by atoms with Crippen molar-refractivity contribution in [1.29, 1.82) is 0 Å². The Morgan fingerprint density at radius 3 is 2.00 bits per heavy atom. The van der Waals surface area contributed by atoms with Crippen LogP contribution in [0.15, 0.2) is 0 Å². The van der Waals surface area contributed by atoms with Gasteiger partial charge in [0.15, 0.2) is 0 Å². The highest BCUT2D eigenvalue weighted by Crippen LogP contribution is 2.08. The average Bonchev–Trinajstić information content (AvgIpc) is 2.00. The van der Waals surface area contributed by atoms with E-state index in [0.717, 1.165) is 19.3 Å². The first-order valence-corrected chi connectivity index (χ1v) is 3.97. The Kier molecular flexibility index (Phi) is 4.14. The molecule has 0 aliphatic rings. The third-order valence-electron chi connectivity index (χ3n) is 1.78. The van der Waals surface area contributed by atoms with Gasteiger partial charge in [0.05, 0.1) is 5.54 Å². The van der Waals surface area contributed by atoms with E-state index in [1.54, 1.807) is 0 Å². The van der Waals surface area contributed by atoms with Gasteiger partial charge in [0.25, 0.3) is 0 Å². The first-order chi connectivity index (χ1) is 4.68. The van der Waals surface area contributed by atoms with Gasteiger partial charge in [-0.1, -0.05) is 26.7 Å². The molecule has 0 aliphatic heterocycles. The minimum atomic E-state index is -0.226. The molecule has 0 spiro atoms. The van der Waals surface area contributed by atoms with Gasteiger partial charge in [0, 0.05) is 6.42 Å². The molecule has 0 rings (SSSR count). The lowest BCUT2D eigenvalue weighted by atomic mass is 9.95. The summed E-state index contributed by atoms with van der Waals surface area (Å²) in [7, 11) is 0. The van der Waals surface area contributed by atoms with E-state index in [1.807, 2.05) is 6.92 Å². The zero-order chi connectivity index (χ0) is 8.04. The lowest BCUT2D eigenvalue weighted by Gasteiger charge is -2.18. The van der Waals surface area contributed by atoms with Gasteiger partial charge in [0.2, 0.25) is 0 Å². The fraction of sp³-hybridized carbons (Fsp3) is 0.778. The van der Waals surface area contributed by atoms with Crippen molar-refractivity contribution in [1.82, 2.24) is 0 Å². The fourth-order valence-corrected chi connectivity index (χ4v) is 0.691. The summed E-state index contributed by atoms with van der Waals surface area (Å²) in [5.41, 5.74) is 5.68. The molecular weight excluding hydrogens is 122 g/mol. The van der Waals surface area contributed by atoms with Crippen molar-refractivity contribution in [2.24, 2.45) is 5.73 Å². The Balaban J connectivity index is 4.05. The Labute approximate surface area is 64.0 Å². The van der Waals surface area contributed by atoms with Crippen molar-refractivity contribution >= 4 is 0 Å². The van der Waals surface area contributed by atoms with Crippen molar-refractivity contribution in [3.8, 4) is 11.8 Å². The SMILES string of the molecule is CCC#CC(N)(CC)CC. The van der Waals surface area contributed by atoms with Crippen LogP contribution in [0.2, 0.25) is 0 Å². The number of rotatable bonds is 2. The third kappa shape index (κ3) is 2.89. The molecule has 0 saturated heterocycles. The predicted octanol–water partition coefficient (Wildman–Crippen LogP) is 1.92. The van der Waals surface area contributed by atoms with Crippen LogP contribution in [0.4, 0.5) is 0 Å². The molecule has 2 N–H and O–H groups in total. The maximum absolute atomic E-state index is 5.91. The van der Waals surface area contributed by atoms with Crippen molar-refractivity contribution in [3.05, 3.63) is 0 Å². The molecule has 0 aromatic heterocycles. The van der Waals surface area contributed by atoms with E-state index >= 15 is 0 Å². The van der Waals surface area contributed by atoms with Crippen LogP contribution < -0.4 is 5.73 Å². The molecule has 1 nitrogen and oxygen atoms in total. The molecule has 0 radical (unpaired) electrons. The first kappa shape index (κ1) is 9.52. The summed E-state index contributed by atoms with van der Waals surface area (Å²) in [5, 5.41) is 0.